The Morgan fingerprint density at radius 1 is 1.47 bits per heavy atom. The van der Waals surface area contributed by atoms with Gasteiger partial charge in [0.25, 0.3) is 0 Å². The second-order valence-corrected chi connectivity index (χ2v) is 6.55. The predicted molar refractivity (Wildman–Crippen MR) is 81.0 cm³/mol. The van der Waals surface area contributed by atoms with Crippen molar-refractivity contribution in [1.82, 2.24) is 10.6 Å². The first kappa shape index (κ1) is 14.8. The van der Waals surface area contributed by atoms with Gasteiger partial charge in [-0.25, -0.2) is 0 Å². The summed E-state index contributed by atoms with van der Waals surface area (Å²) in [6, 6.07) is 2.09. The van der Waals surface area contributed by atoms with Crippen molar-refractivity contribution < 1.29 is 9.53 Å². The average molecular weight is 300 g/mol. The topological polar surface area (TPSA) is 50.4 Å². The first-order valence-corrected chi connectivity index (χ1v) is 8.41. The fourth-order valence-corrected chi connectivity index (χ4v) is 4.35. The highest BCUT2D eigenvalue weighted by molar-refractivity contribution is 8.00. The van der Waals surface area contributed by atoms with Gasteiger partial charge in [-0.05, 0) is 29.2 Å². The number of fused-ring (bicyclic) bond motifs is 1. The van der Waals surface area contributed by atoms with E-state index in [9.17, 15) is 4.79 Å². The van der Waals surface area contributed by atoms with Crippen molar-refractivity contribution in [2.75, 3.05) is 39.1 Å². The van der Waals surface area contributed by atoms with Gasteiger partial charge >= 0.3 is 0 Å². The van der Waals surface area contributed by atoms with Crippen molar-refractivity contribution in [2.45, 2.75) is 11.7 Å². The van der Waals surface area contributed by atoms with Crippen LogP contribution in [0.25, 0.3) is 0 Å². The zero-order chi connectivity index (χ0) is 13.5. The summed E-state index contributed by atoms with van der Waals surface area (Å²) in [7, 11) is 1.68. The van der Waals surface area contributed by atoms with Gasteiger partial charge in [0.15, 0.2) is 0 Å². The first-order valence-electron chi connectivity index (χ1n) is 6.48. The molecule has 1 amide bonds. The van der Waals surface area contributed by atoms with E-state index in [1.54, 1.807) is 30.2 Å². The molecule has 19 heavy (non-hydrogen) atoms. The molecule has 1 atom stereocenters. The van der Waals surface area contributed by atoms with E-state index in [1.807, 2.05) is 0 Å². The lowest BCUT2D eigenvalue weighted by molar-refractivity contribution is -0.120. The Labute approximate surface area is 122 Å². The molecule has 1 aromatic heterocycles. The fourth-order valence-electron chi connectivity index (χ4n) is 2.03. The minimum absolute atomic E-state index is 0.0195. The number of rotatable bonds is 7. The molecule has 2 N–H and O–H groups in total. The van der Waals surface area contributed by atoms with E-state index < -0.39 is 0 Å². The van der Waals surface area contributed by atoms with Gasteiger partial charge in [-0.2, -0.15) is 0 Å². The summed E-state index contributed by atoms with van der Waals surface area (Å²) in [4.78, 5) is 13.5. The normalized spacial score (nSPS) is 18.1. The minimum Gasteiger partial charge on any atom is -0.383 e. The summed E-state index contributed by atoms with van der Waals surface area (Å²) in [6.45, 7) is 2.96. The molecule has 2 rings (SSSR count). The molecule has 0 aromatic carbocycles. The van der Waals surface area contributed by atoms with Crippen LogP contribution in [-0.4, -0.2) is 45.0 Å². The molecule has 0 radical (unpaired) electrons. The molecule has 0 saturated heterocycles. The molecule has 4 nitrogen and oxygen atoms in total. The monoisotopic (exact) mass is 300 g/mol. The number of carbonyl (C=O) groups excluding carboxylic acids is 1. The Bertz CT molecular complexity index is 409. The summed E-state index contributed by atoms with van der Waals surface area (Å²) in [6.07, 6.45) is 1.10. The minimum atomic E-state index is -0.0195. The van der Waals surface area contributed by atoms with E-state index in [-0.39, 0.29) is 11.2 Å². The molecule has 106 valence electrons. The van der Waals surface area contributed by atoms with Crippen LogP contribution in [-0.2, 0) is 16.0 Å². The second kappa shape index (κ2) is 7.89. The van der Waals surface area contributed by atoms with Gasteiger partial charge < -0.3 is 15.4 Å². The molecule has 6 heteroatoms. The van der Waals surface area contributed by atoms with Crippen molar-refractivity contribution in [3.63, 3.8) is 0 Å². The van der Waals surface area contributed by atoms with Gasteiger partial charge in [0.05, 0.1) is 6.61 Å². The van der Waals surface area contributed by atoms with Crippen molar-refractivity contribution in [1.29, 1.82) is 0 Å². The molecular formula is C13H20N2O2S2. The largest absolute Gasteiger partial charge is 0.383 e. The van der Waals surface area contributed by atoms with Crippen molar-refractivity contribution >= 4 is 29.0 Å². The van der Waals surface area contributed by atoms with Gasteiger partial charge in [0.2, 0.25) is 5.91 Å². The smallest absolute Gasteiger partial charge is 0.237 e. The van der Waals surface area contributed by atoms with Crippen LogP contribution >= 0.6 is 23.1 Å². The van der Waals surface area contributed by atoms with Crippen LogP contribution in [0.3, 0.4) is 0 Å². The SMILES string of the molecule is COCCNCCNC(=O)C1SCCc2sccc21. The molecule has 0 spiro atoms. The molecular weight excluding hydrogens is 280 g/mol. The zero-order valence-corrected chi connectivity index (χ0v) is 12.7. The van der Waals surface area contributed by atoms with Gasteiger partial charge in [-0.3, -0.25) is 4.79 Å². The molecule has 0 fully saturated rings. The van der Waals surface area contributed by atoms with Gasteiger partial charge in [-0.1, -0.05) is 0 Å². The summed E-state index contributed by atoms with van der Waals surface area (Å²) in [5.41, 5.74) is 1.21. The first-order chi connectivity index (χ1) is 9.33. The van der Waals surface area contributed by atoms with E-state index in [2.05, 4.69) is 22.1 Å². The highest BCUT2D eigenvalue weighted by Gasteiger charge is 2.27. The number of nitrogens with one attached hydrogen (secondary N) is 2. The Hall–Kier alpha value is -0.560. The maximum atomic E-state index is 12.2. The van der Waals surface area contributed by atoms with Crippen LogP contribution in [0.5, 0.6) is 0 Å². The highest BCUT2D eigenvalue weighted by atomic mass is 32.2. The van der Waals surface area contributed by atoms with E-state index >= 15 is 0 Å². The number of thiophene rings is 1. The number of hydrogen-bond acceptors (Lipinski definition) is 5. The third kappa shape index (κ3) is 4.21. The van der Waals surface area contributed by atoms with E-state index in [4.69, 9.17) is 4.74 Å². The Kier molecular flexibility index (Phi) is 6.16. The Morgan fingerprint density at radius 3 is 3.21 bits per heavy atom. The summed E-state index contributed by atoms with van der Waals surface area (Å²) in [5.74, 6) is 1.18. The third-order valence-corrected chi connectivity index (χ3v) is 5.24. The average Bonchev–Trinajstić information content (AvgIpc) is 2.90. The fraction of sp³-hybridized carbons (Fsp3) is 0.615. The molecule has 2 heterocycles. The number of aryl methyl sites for hydroxylation is 1. The zero-order valence-electron chi connectivity index (χ0n) is 11.1. The molecule has 0 saturated carbocycles. The number of carbonyl (C=O) groups is 1. The molecule has 1 aliphatic heterocycles. The maximum absolute atomic E-state index is 12.2. The third-order valence-electron chi connectivity index (χ3n) is 3.00. The predicted octanol–water partition coefficient (Wildman–Crippen LogP) is 1.43. The van der Waals surface area contributed by atoms with Crippen LogP contribution in [0.2, 0.25) is 0 Å². The second-order valence-electron chi connectivity index (χ2n) is 4.33. The van der Waals surface area contributed by atoms with Crippen LogP contribution in [0.4, 0.5) is 0 Å². The van der Waals surface area contributed by atoms with E-state index in [1.165, 1.54) is 10.4 Å². The maximum Gasteiger partial charge on any atom is 0.237 e. The standard InChI is InChI=1S/C13H20N2O2S2/c1-17-7-6-14-4-5-15-13(16)12-10-2-8-18-11(10)3-9-19-12/h2,8,12,14H,3-7,9H2,1H3,(H,15,16). The van der Waals surface area contributed by atoms with Crippen molar-refractivity contribution in [2.24, 2.45) is 0 Å². The number of hydrogen-bond donors (Lipinski definition) is 2. The lowest BCUT2D eigenvalue weighted by Gasteiger charge is -2.21. The van der Waals surface area contributed by atoms with Crippen molar-refractivity contribution in [3.05, 3.63) is 21.9 Å². The number of methoxy groups -OCH3 is 1. The summed E-state index contributed by atoms with van der Waals surface area (Å²) in [5, 5.41) is 8.28. The van der Waals surface area contributed by atoms with Gasteiger partial charge in [-0.15, -0.1) is 23.1 Å². The number of ether oxygens (including phenoxy) is 1. The van der Waals surface area contributed by atoms with Gasteiger partial charge in [0.1, 0.15) is 5.25 Å². The lowest BCUT2D eigenvalue weighted by Crippen LogP contribution is -2.35. The summed E-state index contributed by atoms with van der Waals surface area (Å²) >= 11 is 3.51. The highest BCUT2D eigenvalue weighted by Crippen LogP contribution is 2.39. The number of amides is 1. The Morgan fingerprint density at radius 2 is 2.37 bits per heavy atom. The van der Waals surface area contributed by atoms with Crippen LogP contribution in [0.1, 0.15) is 15.7 Å². The molecule has 1 aromatic rings. The van der Waals surface area contributed by atoms with E-state index in [0.717, 1.165) is 25.3 Å². The summed E-state index contributed by atoms with van der Waals surface area (Å²) < 4.78 is 4.94. The van der Waals surface area contributed by atoms with E-state index in [0.29, 0.717) is 13.2 Å². The molecule has 1 aliphatic rings. The molecule has 1 unspecified atom stereocenters. The molecule has 0 aliphatic carbocycles. The van der Waals surface area contributed by atoms with Crippen LogP contribution < -0.4 is 10.6 Å². The lowest BCUT2D eigenvalue weighted by atomic mass is 10.1. The quantitative estimate of drug-likeness (QED) is 0.748. The Balaban J connectivity index is 1.73. The number of thioether (sulfide) groups is 1. The van der Waals surface area contributed by atoms with Gasteiger partial charge in [0, 0.05) is 31.6 Å². The van der Waals surface area contributed by atoms with Crippen LogP contribution in [0.15, 0.2) is 11.4 Å². The molecule has 0 bridgehead atoms. The van der Waals surface area contributed by atoms with Crippen molar-refractivity contribution in [3.8, 4) is 0 Å². The van der Waals surface area contributed by atoms with Crippen LogP contribution in [0, 0.1) is 0 Å².